The third-order valence-corrected chi connectivity index (χ3v) is 7.08. The number of phenols is 1. The standard InChI is InChI=1S/C30H31FN4O4/c1-18-14-24(36)7-4-21(18)16-32-27-8-6-23(31)15-26(27)30(37)35-12-10-25(11-13-35)38-28-9-5-22(17-33-28)29-19(2)34-39-20(29)3/h4-9,14-15,17,25,32,36H,10-13,16H2,1-3H3. The highest BCUT2D eigenvalue weighted by atomic mass is 19.1. The van der Waals surface area contributed by atoms with Crippen LogP contribution in [0.25, 0.3) is 11.1 Å². The van der Waals surface area contributed by atoms with E-state index in [0.717, 1.165) is 33.7 Å². The zero-order chi connectivity index (χ0) is 27.5. The normalized spacial score (nSPS) is 13.9. The van der Waals surface area contributed by atoms with Gasteiger partial charge in [-0.3, -0.25) is 4.79 Å². The second kappa shape index (κ2) is 11.1. The van der Waals surface area contributed by atoms with Crippen molar-refractivity contribution in [1.82, 2.24) is 15.0 Å². The van der Waals surface area contributed by atoms with Crippen LogP contribution in [0, 0.1) is 26.6 Å². The fraction of sp³-hybridized carbons (Fsp3) is 0.300. The minimum absolute atomic E-state index is 0.0750. The Kier molecular flexibility index (Phi) is 7.49. The summed E-state index contributed by atoms with van der Waals surface area (Å²) in [7, 11) is 0. The summed E-state index contributed by atoms with van der Waals surface area (Å²) in [4.78, 5) is 19.6. The molecule has 2 aromatic heterocycles. The van der Waals surface area contributed by atoms with E-state index in [1.54, 1.807) is 29.3 Å². The van der Waals surface area contributed by atoms with E-state index in [-0.39, 0.29) is 17.8 Å². The number of benzene rings is 2. The highest BCUT2D eigenvalue weighted by Gasteiger charge is 2.27. The number of anilines is 1. The molecule has 0 saturated carbocycles. The molecule has 1 aliphatic rings. The quantitative estimate of drug-likeness (QED) is 0.311. The first-order chi connectivity index (χ1) is 18.8. The molecule has 202 valence electrons. The van der Waals surface area contributed by atoms with E-state index in [4.69, 9.17) is 9.26 Å². The number of likely N-dealkylation sites (tertiary alicyclic amines) is 1. The largest absolute Gasteiger partial charge is 0.508 e. The molecule has 1 fully saturated rings. The van der Waals surface area contributed by atoms with Crippen LogP contribution in [0.4, 0.5) is 10.1 Å². The first kappa shape index (κ1) is 26.2. The fourth-order valence-corrected chi connectivity index (χ4v) is 4.93. The van der Waals surface area contributed by atoms with E-state index in [2.05, 4.69) is 15.5 Å². The molecule has 1 saturated heterocycles. The van der Waals surface area contributed by atoms with Gasteiger partial charge in [-0.2, -0.15) is 0 Å². The number of carbonyl (C=O) groups excluding carboxylic acids is 1. The lowest BCUT2D eigenvalue weighted by atomic mass is 10.0. The summed E-state index contributed by atoms with van der Waals surface area (Å²) < 4.78 is 25.5. The van der Waals surface area contributed by atoms with Crippen molar-refractivity contribution in [2.45, 2.75) is 46.3 Å². The van der Waals surface area contributed by atoms with Gasteiger partial charge in [-0.1, -0.05) is 11.2 Å². The van der Waals surface area contributed by atoms with E-state index in [1.807, 2.05) is 39.0 Å². The first-order valence-electron chi connectivity index (χ1n) is 13.0. The van der Waals surface area contributed by atoms with E-state index < -0.39 is 5.82 Å². The number of rotatable bonds is 7. The second-order valence-corrected chi connectivity index (χ2v) is 9.85. The Hall–Kier alpha value is -4.40. The van der Waals surface area contributed by atoms with E-state index in [9.17, 15) is 14.3 Å². The van der Waals surface area contributed by atoms with Gasteiger partial charge in [0, 0.05) is 61.6 Å². The maximum absolute atomic E-state index is 14.2. The van der Waals surface area contributed by atoms with Crippen molar-refractivity contribution in [1.29, 1.82) is 0 Å². The van der Waals surface area contributed by atoms with E-state index in [1.165, 1.54) is 12.1 Å². The number of hydrogen-bond donors (Lipinski definition) is 2. The number of aryl methyl sites for hydroxylation is 3. The topological polar surface area (TPSA) is 101 Å². The molecule has 0 spiro atoms. The lowest BCUT2D eigenvalue weighted by Gasteiger charge is -2.32. The molecule has 0 radical (unpaired) electrons. The van der Waals surface area contributed by atoms with Crippen LogP contribution in [-0.4, -0.2) is 45.2 Å². The van der Waals surface area contributed by atoms with Gasteiger partial charge in [-0.05, 0) is 68.3 Å². The van der Waals surface area contributed by atoms with Crippen molar-refractivity contribution >= 4 is 11.6 Å². The molecule has 2 aromatic carbocycles. The minimum atomic E-state index is -0.464. The van der Waals surface area contributed by atoms with Crippen molar-refractivity contribution in [3.05, 3.63) is 88.7 Å². The van der Waals surface area contributed by atoms with Crippen molar-refractivity contribution in [2.24, 2.45) is 0 Å². The molecule has 5 rings (SSSR count). The Labute approximate surface area is 226 Å². The van der Waals surface area contributed by atoms with Gasteiger partial charge in [-0.25, -0.2) is 9.37 Å². The van der Waals surface area contributed by atoms with E-state index >= 15 is 0 Å². The maximum Gasteiger partial charge on any atom is 0.256 e. The molecule has 1 aliphatic heterocycles. The Balaban J connectivity index is 1.20. The molecule has 3 heterocycles. The highest BCUT2D eigenvalue weighted by molar-refractivity contribution is 5.99. The van der Waals surface area contributed by atoms with Crippen LogP contribution in [0.3, 0.4) is 0 Å². The number of aromatic nitrogens is 2. The molecular formula is C30H31FN4O4. The third-order valence-electron chi connectivity index (χ3n) is 7.08. The Morgan fingerprint density at radius 3 is 2.59 bits per heavy atom. The molecule has 2 N–H and O–H groups in total. The molecular weight excluding hydrogens is 499 g/mol. The molecule has 4 aromatic rings. The Morgan fingerprint density at radius 1 is 1.13 bits per heavy atom. The fourth-order valence-electron chi connectivity index (χ4n) is 4.93. The lowest BCUT2D eigenvalue weighted by Crippen LogP contribution is -2.42. The number of aromatic hydroxyl groups is 1. The summed E-state index contributed by atoms with van der Waals surface area (Å²) >= 11 is 0. The van der Waals surface area contributed by atoms with Crippen molar-refractivity contribution in [3.63, 3.8) is 0 Å². The van der Waals surface area contributed by atoms with Crippen LogP contribution in [0.5, 0.6) is 11.6 Å². The summed E-state index contributed by atoms with van der Waals surface area (Å²) in [5.74, 6) is 0.781. The van der Waals surface area contributed by atoms with Crippen LogP contribution in [0.1, 0.15) is 45.8 Å². The number of piperidine rings is 1. The molecule has 0 atom stereocenters. The zero-order valence-electron chi connectivity index (χ0n) is 22.2. The summed E-state index contributed by atoms with van der Waals surface area (Å²) in [5.41, 5.74) is 5.42. The van der Waals surface area contributed by atoms with Crippen LogP contribution in [-0.2, 0) is 6.54 Å². The number of amides is 1. The molecule has 39 heavy (non-hydrogen) atoms. The predicted molar refractivity (Wildman–Crippen MR) is 145 cm³/mol. The van der Waals surface area contributed by atoms with Gasteiger partial charge in [0.15, 0.2) is 0 Å². The second-order valence-electron chi connectivity index (χ2n) is 9.85. The number of phenolic OH excluding ortho intramolecular Hbond substituents is 1. The zero-order valence-corrected chi connectivity index (χ0v) is 22.2. The van der Waals surface area contributed by atoms with Crippen LogP contribution >= 0.6 is 0 Å². The smallest absolute Gasteiger partial charge is 0.256 e. The predicted octanol–water partition coefficient (Wildman–Crippen LogP) is 5.80. The summed E-state index contributed by atoms with van der Waals surface area (Å²) in [5, 5.41) is 16.9. The van der Waals surface area contributed by atoms with Gasteiger partial charge in [0.2, 0.25) is 5.88 Å². The molecule has 0 unspecified atom stereocenters. The van der Waals surface area contributed by atoms with Crippen molar-refractivity contribution in [3.8, 4) is 22.8 Å². The van der Waals surface area contributed by atoms with Crippen LogP contribution in [0.15, 0.2) is 59.3 Å². The van der Waals surface area contributed by atoms with Gasteiger partial charge >= 0.3 is 0 Å². The third kappa shape index (κ3) is 5.87. The van der Waals surface area contributed by atoms with Crippen molar-refractivity contribution in [2.75, 3.05) is 18.4 Å². The summed E-state index contributed by atoms with van der Waals surface area (Å²) in [6, 6.07) is 13.1. The van der Waals surface area contributed by atoms with Crippen LogP contribution in [0.2, 0.25) is 0 Å². The molecule has 0 aliphatic carbocycles. The first-order valence-corrected chi connectivity index (χ1v) is 13.0. The van der Waals surface area contributed by atoms with Crippen molar-refractivity contribution < 1.29 is 23.6 Å². The number of ether oxygens (including phenoxy) is 1. The van der Waals surface area contributed by atoms with Crippen LogP contribution < -0.4 is 10.1 Å². The number of nitrogens with one attached hydrogen (secondary N) is 1. The number of carbonyl (C=O) groups is 1. The monoisotopic (exact) mass is 530 g/mol. The van der Waals surface area contributed by atoms with Gasteiger partial charge in [0.05, 0.1) is 11.3 Å². The number of nitrogens with zero attached hydrogens (tertiary/aromatic N) is 3. The minimum Gasteiger partial charge on any atom is -0.508 e. The van der Waals surface area contributed by atoms with Gasteiger partial charge in [0.25, 0.3) is 5.91 Å². The van der Waals surface area contributed by atoms with Gasteiger partial charge in [-0.15, -0.1) is 0 Å². The van der Waals surface area contributed by atoms with Gasteiger partial charge in [0.1, 0.15) is 23.4 Å². The van der Waals surface area contributed by atoms with Gasteiger partial charge < -0.3 is 24.6 Å². The highest BCUT2D eigenvalue weighted by Crippen LogP contribution is 2.28. The SMILES string of the molecule is Cc1cc(O)ccc1CNc1ccc(F)cc1C(=O)N1CCC(Oc2ccc(-c3c(C)noc3C)cn2)CC1. The average Bonchev–Trinajstić information content (AvgIpc) is 3.27. The van der Waals surface area contributed by atoms with E-state index in [0.29, 0.717) is 49.6 Å². The number of hydrogen-bond acceptors (Lipinski definition) is 7. The summed E-state index contributed by atoms with van der Waals surface area (Å²) in [6.45, 7) is 7.10. The molecule has 8 nitrogen and oxygen atoms in total. The Morgan fingerprint density at radius 2 is 1.92 bits per heavy atom. The summed E-state index contributed by atoms with van der Waals surface area (Å²) in [6.07, 6.45) is 2.96. The number of halogens is 1. The molecule has 1 amide bonds. The molecule has 9 heteroatoms. The molecule has 0 bridgehead atoms. The average molecular weight is 531 g/mol. The lowest BCUT2D eigenvalue weighted by molar-refractivity contribution is 0.0588. The number of pyridine rings is 1. The Bertz CT molecular complexity index is 1460. The maximum atomic E-state index is 14.2.